The van der Waals surface area contributed by atoms with E-state index in [1.807, 2.05) is 31.3 Å². The van der Waals surface area contributed by atoms with Crippen molar-refractivity contribution in [1.82, 2.24) is 4.90 Å². The molecule has 21 heavy (non-hydrogen) atoms. The smallest absolute Gasteiger partial charge is 0.265 e. The van der Waals surface area contributed by atoms with Crippen LogP contribution in [0.2, 0.25) is 0 Å². The van der Waals surface area contributed by atoms with Gasteiger partial charge in [-0.3, -0.25) is 4.79 Å². The van der Waals surface area contributed by atoms with Gasteiger partial charge in [-0.2, -0.15) is 0 Å². The highest BCUT2D eigenvalue weighted by molar-refractivity contribution is 7.21. The summed E-state index contributed by atoms with van der Waals surface area (Å²) in [6.45, 7) is 2.38. The topological polar surface area (TPSA) is 55.6 Å². The number of fused-ring (bicyclic) bond motifs is 1. The number of nitrogens with zero attached hydrogens (tertiary/aromatic N) is 1. The zero-order valence-electron chi connectivity index (χ0n) is 12.2. The number of anilines is 1. The van der Waals surface area contributed by atoms with Crippen molar-refractivity contribution in [2.24, 2.45) is 5.92 Å². The van der Waals surface area contributed by atoms with Crippen molar-refractivity contribution in [2.75, 3.05) is 32.5 Å². The number of carbonyl (C=O) groups excluding carboxylic acids is 1. The van der Waals surface area contributed by atoms with E-state index in [1.54, 1.807) is 4.90 Å². The normalized spacial score (nSPS) is 16.2. The number of hydrogen-bond acceptors (Lipinski definition) is 4. The summed E-state index contributed by atoms with van der Waals surface area (Å²) in [7, 11) is 1.86. The van der Waals surface area contributed by atoms with E-state index < -0.39 is 0 Å². The Kier molecular flexibility index (Phi) is 4.12. The van der Waals surface area contributed by atoms with Gasteiger partial charge in [0.2, 0.25) is 0 Å². The van der Waals surface area contributed by atoms with Gasteiger partial charge in [-0.25, -0.2) is 0 Å². The van der Waals surface area contributed by atoms with Gasteiger partial charge in [-0.15, -0.1) is 11.3 Å². The number of hydrogen-bond donors (Lipinski definition) is 1. The maximum atomic E-state index is 12.6. The van der Waals surface area contributed by atoms with Gasteiger partial charge >= 0.3 is 0 Å². The molecule has 0 unspecified atom stereocenters. The molecule has 3 rings (SSSR count). The van der Waals surface area contributed by atoms with Gasteiger partial charge in [0.1, 0.15) is 4.88 Å². The first-order chi connectivity index (χ1) is 10.2. The third-order valence-corrected chi connectivity index (χ3v) is 5.22. The number of rotatable bonds is 3. The van der Waals surface area contributed by atoms with E-state index in [0.717, 1.165) is 42.7 Å². The Labute approximate surface area is 128 Å². The molecule has 0 atom stereocenters. The molecular weight excluding hydrogens is 284 g/mol. The van der Waals surface area contributed by atoms with Crippen LogP contribution < -0.4 is 5.73 Å². The molecule has 4 nitrogen and oxygen atoms in total. The molecule has 112 valence electrons. The predicted octanol–water partition coefficient (Wildman–Crippen LogP) is 2.98. The van der Waals surface area contributed by atoms with Crippen molar-refractivity contribution < 1.29 is 9.53 Å². The van der Waals surface area contributed by atoms with Crippen molar-refractivity contribution in [2.45, 2.75) is 12.8 Å². The molecular formula is C16H20N2O2S. The van der Waals surface area contributed by atoms with Crippen molar-refractivity contribution in [1.29, 1.82) is 0 Å². The number of benzene rings is 1. The van der Waals surface area contributed by atoms with Crippen LogP contribution in [0.1, 0.15) is 22.5 Å². The Morgan fingerprint density at radius 1 is 1.38 bits per heavy atom. The molecule has 0 saturated carbocycles. The maximum Gasteiger partial charge on any atom is 0.265 e. The first-order valence-electron chi connectivity index (χ1n) is 7.27. The summed E-state index contributed by atoms with van der Waals surface area (Å²) in [6, 6.07) is 7.89. The van der Waals surface area contributed by atoms with Gasteiger partial charge in [-0.1, -0.05) is 18.2 Å². The lowest BCUT2D eigenvalue weighted by Crippen LogP contribution is -2.34. The fourth-order valence-corrected chi connectivity index (χ4v) is 3.91. The number of ether oxygens (including phenoxy) is 1. The molecule has 2 heterocycles. The summed E-state index contributed by atoms with van der Waals surface area (Å²) in [4.78, 5) is 15.1. The summed E-state index contributed by atoms with van der Waals surface area (Å²) < 4.78 is 6.43. The number of nitrogens with two attached hydrogens (primary N) is 1. The molecule has 0 radical (unpaired) electrons. The molecule has 0 spiro atoms. The van der Waals surface area contributed by atoms with Crippen LogP contribution in [0.3, 0.4) is 0 Å². The first kappa shape index (κ1) is 14.4. The molecule has 1 amide bonds. The monoisotopic (exact) mass is 304 g/mol. The molecule has 1 aromatic heterocycles. The Balaban J connectivity index is 1.77. The Morgan fingerprint density at radius 2 is 2.10 bits per heavy atom. The second kappa shape index (κ2) is 6.03. The van der Waals surface area contributed by atoms with Crippen LogP contribution in [0.4, 0.5) is 5.69 Å². The lowest BCUT2D eigenvalue weighted by molar-refractivity contribution is 0.0499. The zero-order valence-corrected chi connectivity index (χ0v) is 13.0. The molecule has 0 aliphatic carbocycles. The lowest BCUT2D eigenvalue weighted by Gasteiger charge is -2.27. The summed E-state index contributed by atoms with van der Waals surface area (Å²) in [5.74, 6) is 0.559. The van der Waals surface area contributed by atoms with Gasteiger partial charge in [0.15, 0.2) is 0 Å². The minimum atomic E-state index is 0.0280. The van der Waals surface area contributed by atoms with Crippen LogP contribution in [0.15, 0.2) is 24.3 Å². The summed E-state index contributed by atoms with van der Waals surface area (Å²) in [6.07, 6.45) is 2.05. The Hall–Kier alpha value is -1.59. The number of nitrogen functional groups attached to an aromatic ring is 1. The van der Waals surface area contributed by atoms with Crippen LogP contribution in [-0.2, 0) is 4.74 Å². The van der Waals surface area contributed by atoms with Crippen LogP contribution >= 0.6 is 11.3 Å². The SMILES string of the molecule is CN(CC1CCOCC1)C(=O)c1sc2ccccc2c1N. The van der Waals surface area contributed by atoms with Gasteiger partial charge in [0.25, 0.3) is 5.91 Å². The summed E-state index contributed by atoms with van der Waals surface area (Å²) in [5, 5.41) is 0.977. The van der Waals surface area contributed by atoms with E-state index in [4.69, 9.17) is 10.5 Å². The van der Waals surface area contributed by atoms with E-state index >= 15 is 0 Å². The van der Waals surface area contributed by atoms with Crippen molar-refractivity contribution in [3.8, 4) is 0 Å². The molecule has 2 N–H and O–H groups in total. The summed E-state index contributed by atoms with van der Waals surface area (Å²) in [5.41, 5.74) is 6.76. The van der Waals surface area contributed by atoms with Gasteiger partial charge in [0, 0.05) is 36.9 Å². The van der Waals surface area contributed by atoms with Crippen LogP contribution in [-0.4, -0.2) is 37.6 Å². The molecule has 1 aliphatic heterocycles. The molecule has 5 heteroatoms. The number of carbonyl (C=O) groups is 1. The molecule has 1 fully saturated rings. The molecule has 1 aromatic carbocycles. The van der Waals surface area contributed by atoms with Crippen molar-refractivity contribution in [3.05, 3.63) is 29.1 Å². The predicted molar refractivity (Wildman–Crippen MR) is 86.7 cm³/mol. The highest BCUT2D eigenvalue weighted by Gasteiger charge is 2.23. The van der Waals surface area contributed by atoms with E-state index in [-0.39, 0.29) is 5.91 Å². The fraction of sp³-hybridized carbons (Fsp3) is 0.438. The van der Waals surface area contributed by atoms with Crippen LogP contribution in [0, 0.1) is 5.92 Å². The number of thiophene rings is 1. The average Bonchev–Trinajstić information content (AvgIpc) is 2.85. The van der Waals surface area contributed by atoms with Gasteiger partial charge in [0.05, 0.1) is 5.69 Å². The van der Waals surface area contributed by atoms with Crippen LogP contribution in [0.5, 0.6) is 0 Å². The minimum absolute atomic E-state index is 0.0280. The minimum Gasteiger partial charge on any atom is -0.397 e. The molecule has 1 aliphatic rings. The average molecular weight is 304 g/mol. The molecule has 1 saturated heterocycles. The van der Waals surface area contributed by atoms with E-state index in [1.165, 1.54) is 11.3 Å². The summed E-state index contributed by atoms with van der Waals surface area (Å²) >= 11 is 1.48. The van der Waals surface area contributed by atoms with Crippen molar-refractivity contribution in [3.63, 3.8) is 0 Å². The third kappa shape index (κ3) is 2.89. The molecule has 2 aromatic rings. The van der Waals surface area contributed by atoms with Gasteiger partial charge < -0.3 is 15.4 Å². The second-order valence-electron chi connectivity index (χ2n) is 5.58. The lowest BCUT2D eigenvalue weighted by atomic mass is 10.00. The van der Waals surface area contributed by atoms with Gasteiger partial charge in [-0.05, 0) is 24.8 Å². The first-order valence-corrected chi connectivity index (χ1v) is 8.08. The van der Waals surface area contributed by atoms with E-state index in [0.29, 0.717) is 16.5 Å². The second-order valence-corrected chi connectivity index (χ2v) is 6.63. The fourth-order valence-electron chi connectivity index (χ4n) is 2.80. The maximum absolute atomic E-state index is 12.6. The third-order valence-electron chi connectivity index (χ3n) is 4.05. The molecule has 0 bridgehead atoms. The van der Waals surface area contributed by atoms with Crippen LogP contribution in [0.25, 0.3) is 10.1 Å². The number of amides is 1. The highest BCUT2D eigenvalue weighted by Crippen LogP contribution is 2.34. The largest absolute Gasteiger partial charge is 0.397 e. The Morgan fingerprint density at radius 3 is 2.81 bits per heavy atom. The highest BCUT2D eigenvalue weighted by atomic mass is 32.1. The van der Waals surface area contributed by atoms with Crippen molar-refractivity contribution >= 4 is 33.0 Å². The zero-order chi connectivity index (χ0) is 14.8. The Bertz CT molecular complexity index is 647. The standard InChI is InChI=1S/C16H20N2O2S/c1-18(10-11-6-8-20-9-7-11)16(19)15-14(17)12-4-2-3-5-13(12)21-15/h2-5,11H,6-10,17H2,1H3. The quantitative estimate of drug-likeness (QED) is 0.948. The van der Waals surface area contributed by atoms with E-state index in [2.05, 4.69) is 0 Å². The van der Waals surface area contributed by atoms with E-state index in [9.17, 15) is 4.79 Å².